The van der Waals surface area contributed by atoms with Gasteiger partial charge in [0.05, 0.1) is 4.92 Å². The minimum absolute atomic E-state index is 0.162. The van der Waals surface area contributed by atoms with Crippen molar-refractivity contribution in [1.29, 1.82) is 0 Å². The molecule has 0 saturated carbocycles. The Balaban J connectivity index is 2.01. The van der Waals surface area contributed by atoms with Crippen LogP contribution < -0.4 is 5.32 Å². The van der Waals surface area contributed by atoms with E-state index in [9.17, 15) is 10.1 Å². The third kappa shape index (κ3) is 2.88. The Kier molecular flexibility index (Phi) is 3.97. The molecule has 0 fully saturated rings. The predicted molar refractivity (Wildman–Crippen MR) is 72.9 cm³/mol. The number of nitro benzene ring substituents is 1. The van der Waals surface area contributed by atoms with E-state index in [2.05, 4.69) is 11.4 Å². The van der Waals surface area contributed by atoms with Gasteiger partial charge in [-0.3, -0.25) is 10.1 Å². The van der Waals surface area contributed by atoms with E-state index >= 15 is 0 Å². The number of para-hydroxylation sites is 1. The molecule has 1 aromatic carbocycles. The summed E-state index contributed by atoms with van der Waals surface area (Å²) in [7, 11) is 0. The van der Waals surface area contributed by atoms with Gasteiger partial charge in [-0.25, -0.2) is 0 Å². The number of benzene rings is 1. The van der Waals surface area contributed by atoms with Crippen molar-refractivity contribution in [3.05, 3.63) is 45.5 Å². The Labute approximate surface area is 107 Å². The molecule has 0 aromatic heterocycles. The van der Waals surface area contributed by atoms with Crippen LogP contribution in [0.1, 0.15) is 31.2 Å². The molecule has 0 atom stereocenters. The molecule has 1 aromatic rings. The summed E-state index contributed by atoms with van der Waals surface area (Å²) < 4.78 is 0. The zero-order chi connectivity index (χ0) is 13.0. The van der Waals surface area contributed by atoms with Crippen LogP contribution in [0.25, 0.3) is 0 Å². The van der Waals surface area contributed by atoms with E-state index in [4.69, 9.17) is 0 Å². The molecule has 0 amide bonds. The Morgan fingerprint density at radius 3 is 2.94 bits per heavy atom. The largest absolute Gasteiger partial charge is 0.379 e. The third-order valence-electron chi connectivity index (χ3n) is 3.33. The first-order valence-corrected chi connectivity index (χ1v) is 6.34. The Morgan fingerprint density at radius 1 is 1.44 bits per heavy atom. The van der Waals surface area contributed by atoms with Crippen molar-refractivity contribution in [1.82, 2.24) is 0 Å². The molecule has 0 saturated heterocycles. The SMILES string of the molecule is Cc1cccc([N+](=O)[O-])c1NCCC1=CCCC1. The van der Waals surface area contributed by atoms with Crippen molar-refractivity contribution < 1.29 is 4.92 Å². The smallest absolute Gasteiger partial charge is 0.292 e. The van der Waals surface area contributed by atoms with Gasteiger partial charge < -0.3 is 5.32 Å². The monoisotopic (exact) mass is 246 g/mol. The molecule has 0 unspecified atom stereocenters. The van der Waals surface area contributed by atoms with Crippen LogP contribution in [0.4, 0.5) is 11.4 Å². The molecule has 1 N–H and O–H groups in total. The van der Waals surface area contributed by atoms with Gasteiger partial charge >= 0.3 is 0 Å². The van der Waals surface area contributed by atoms with Gasteiger partial charge in [0.15, 0.2) is 0 Å². The summed E-state index contributed by atoms with van der Waals surface area (Å²) in [6.07, 6.45) is 6.87. The maximum atomic E-state index is 10.9. The average molecular weight is 246 g/mol. The van der Waals surface area contributed by atoms with E-state index in [1.807, 2.05) is 13.0 Å². The number of nitrogens with one attached hydrogen (secondary N) is 1. The fraction of sp³-hybridized carbons (Fsp3) is 0.429. The number of aryl methyl sites for hydroxylation is 1. The summed E-state index contributed by atoms with van der Waals surface area (Å²) >= 11 is 0. The third-order valence-corrected chi connectivity index (χ3v) is 3.33. The molecule has 0 spiro atoms. The summed E-state index contributed by atoms with van der Waals surface area (Å²) in [5.74, 6) is 0. The number of hydrogen-bond acceptors (Lipinski definition) is 3. The zero-order valence-electron chi connectivity index (χ0n) is 10.6. The molecule has 1 aliphatic carbocycles. The molecule has 0 heterocycles. The summed E-state index contributed by atoms with van der Waals surface area (Å²) in [4.78, 5) is 10.6. The number of hydrogen-bond donors (Lipinski definition) is 1. The van der Waals surface area contributed by atoms with E-state index in [0.29, 0.717) is 5.69 Å². The first-order valence-electron chi connectivity index (χ1n) is 6.34. The van der Waals surface area contributed by atoms with Crippen molar-refractivity contribution in [2.45, 2.75) is 32.6 Å². The average Bonchev–Trinajstić information content (AvgIpc) is 2.84. The van der Waals surface area contributed by atoms with Gasteiger partial charge in [-0.1, -0.05) is 23.8 Å². The standard InChI is InChI=1S/C14H18N2O2/c1-11-5-4-8-13(16(17)18)14(11)15-10-9-12-6-2-3-7-12/h4-6,8,15H,2-3,7,9-10H2,1H3. The molecular weight excluding hydrogens is 228 g/mol. The van der Waals surface area contributed by atoms with Crippen LogP contribution in [0.5, 0.6) is 0 Å². The molecule has 0 bridgehead atoms. The van der Waals surface area contributed by atoms with Gasteiger partial charge in [-0.05, 0) is 38.2 Å². The number of nitro groups is 1. The number of nitrogens with zero attached hydrogens (tertiary/aromatic N) is 1. The van der Waals surface area contributed by atoms with Crippen LogP contribution in [0.15, 0.2) is 29.8 Å². The lowest BCUT2D eigenvalue weighted by Gasteiger charge is -2.10. The second-order valence-electron chi connectivity index (χ2n) is 4.66. The quantitative estimate of drug-likeness (QED) is 0.488. The topological polar surface area (TPSA) is 55.2 Å². The molecule has 1 aliphatic rings. The second kappa shape index (κ2) is 5.67. The van der Waals surface area contributed by atoms with Crippen molar-refractivity contribution in [3.8, 4) is 0 Å². The molecule has 96 valence electrons. The summed E-state index contributed by atoms with van der Waals surface area (Å²) in [5, 5.41) is 14.2. The van der Waals surface area contributed by atoms with Gasteiger partial charge in [-0.2, -0.15) is 0 Å². The van der Waals surface area contributed by atoms with E-state index in [-0.39, 0.29) is 10.6 Å². The van der Waals surface area contributed by atoms with Crippen LogP contribution in [0.3, 0.4) is 0 Å². The molecule has 4 heteroatoms. The van der Waals surface area contributed by atoms with Gasteiger partial charge in [0.25, 0.3) is 5.69 Å². The minimum Gasteiger partial charge on any atom is -0.379 e. The van der Waals surface area contributed by atoms with Crippen LogP contribution in [-0.4, -0.2) is 11.5 Å². The summed E-state index contributed by atoms with van der Waals surface area (Å²) in [6.45, 7) is 2.65. The minimum atomic E-state index is -0.329. The van der Waals surface area contributed by atoms with E-state index in [1.54, 1.807) is 12.1 Å². The highest BCUT2D eigenvalue weighted by atomic mass is 16.6. The van der Waals surface area contributed by atoms with E-state index in [0.717, 1.165) is 18.5 Å². The highest BCUT2D eigenvalue weighted by Gasteiger charge is 2.15. The van der Waals surface area contributed by atoms with Crippen LogP contribution in [0, 0.1) is 17.0 Å². The summed E-state index contributed by atoms with van der Waals surface area (Å²) in [5.41, 5.74) is 3.21. The zero-order valence-corrected chi connectivity index (χ0v) is 10.6. The second-order valence-corrected chi connectivity index (χ2v) is 4.66. The fourth-order valence-corrected chi connectivity index (χ4v) is 2.35. The number of rotatable bonds is 5. The lowest BCUT2D eigenvalue weighted by Crippen LogP contribution is -2.06. The van der Waals surface area contributed by atoms with E-state index in [1.165, 1.54) is 24.8 Å². The highest BCUT2D eigenvalue weighted by molar-refractivity contribution is 5.65. The first kappa shape index (κ1) is 12.6. The fourth-order valence-electron chi connectivity index (χ4n) is 2.35. The molecule has 0 aliphatic heterocycles. The van der Waals surface area contributed by atoms with Crippen LogP contribution in [-0.2, 0) is 0 Å². The van der Waals surface area contributed by atoms with Crippen molar-refractivity contribution in [2.24, 2.45) is 0 Å². The number of allylic oxidation sites excluding steroid dienone is 1. The maximum Gasteiger partial charge on any atom is 0.292 e. The molecule has 0 radical (unpaired) electrons. The van der Waals surface area contributed by atoms with Gasteiger partial charge in [0, 0.05) is 12.6 Å². The lowest BCUT2D eigenvalue weighted by atomic mass is 10.1. The van der Waals surface area contributed by atoms with Gasteiger partial charge in [-0.15, -0.1) is 0 Å². The van der Waals surface area contributed by atoms with Crippen molar-refractivity contribution in [3.63, 3.8) is 0 Å². The van der Waals surface area contributed by atoms with Crippen LogP contribution in [0.2, 0.25) is 0 Å². The van der Waals surface area contributed by atoms with Crippen molar-refractivity contribution >= 4 is 11.4 Å². The summed E-state index contributed by atoms with van der Waals surface area (Å²) in [6, 6.07) is 5.16. The van der Waals surface area contributed by atoms with E-state index < -0.39 is 0 Å². The molecular formula is C14H18N2O2. The Bertz CT molecular complexity index is 481. The van der Waals surface area contributed by atoms with Crippen molar-refractivity contribution in [2.75, 3.05) is 11.9 Å². The van der Waals surface area contributed by atoms with Gasteiger partial charge in [0.1, 0.15) is 5.69 Å². The normalized spacial score (nSPS) is 14.4. The number of anilines is 1. The van der Waals surface area contributed by atoms with Gasteiger partial charge in [0.2, 0.25) is 0 Å². The molecule has 18 heavy (non-hydrogen) atoms. The first-order chi connectivity index (χ1) is 8.68. The Morgan fingerprint density at radius 2 is 2.28 bits per heavy atom. The molecule has 4 nitrogen and oxygen atoms in total. The van der Waals surface area contributed by atoms with Crippen LogP contribution >= 0.6 is 0 Å². The Hall–Kier alpha value is -1.84. The predicted octanol–water partition coefficient (Wildman–Crippen LogP) is 3.82. The lowest BCUT2D eigenvalue weighted by molar-refractivity contribution is -0.384. The maximum absolute atomic E-state index is 10.9. The molecule has 2 rings (SSSR count). The highest BCUT2D eigenvalue weighted by Crippen LogP contribution is 2.28.